The molecule has 1 saturated carbocycles. The van der Waals surface area contributed by atoms with E-state index in [1.165, 1.54) is 0 Å². The van der Waals surface area contributed by atoms with E-state index in [2.05, 4.69) is 5.32 Å². The van der Waals surface area contributed by atoms with Gasteiger partial charge in [0.2, 0.25) is 0 Å². The Morgan fingerprint density at radius 2 is 2.17 bits per heavy atom. The van der Waals surface area contributed by atoms with Crippen LogP contribution in [0.5, 0.6) is 0 Å². The highest BCUT2D eigenvalue weighted by atomic mass is 16.3. The average molecular weight is 173 g/mol. The van der Waals surface area contributed by atoms with E-state index < -0.39 is 5.60 Å². The minimum absolute atomic E-state index is 0.214. The van der Waals surface area contributed by atoms with Crippen molar-refractivity contribution < 1.29 is 10.2 Å². The number of aliphatic hydroxyl groups excluding tert-OH is 1. The summed E-state index contributed by atoms with van der Waals surface area (Å²) in [6.45, 7) is 3.67. The fraction of sp³-hybridized carbons (Fsp3) is 1.00. The SMILES string of the molecule is CC(CO)CNCC1(O)CCC1. The van der Waals surface area contributed by atoms with Crippen LogP contribution in [0.4, 0.5) is 0 Å². The van der Waals surface area contributed by atoms with Gasteiger partial charge in [0.15, 0.2) is 0 Å². The maximum absolute atomic E-state index is 9.67. The van der Waals surface area contributed by atoms with E-state index >= 15 is 0 Å². The van der Waals surface area contributed by atoms with Gasteiger partial charge in [-0.3, -0.25) is 0 Å². The summed E-state index contributed by atoms with van der Waals surface area (Å²) >= 11 is 0. The lowest BCUT2D eigenvalue weighted by atomic mass is 9.80. The summed E-state index contributed by atoms with van der Waals surface area (Å²) in [5.74, 6) is 0.286. The molecular formula is C9H19NO2. The zero-order chi connectivity index (χ0) is 9.03. The molecule has 3 N–H and O–H groups in total. The lowest BCUT2D eigenvalue weighted by Crippen LogP contribution is -2.47. The van der Waals surface area contributed by atoms with E-state index in [1.807, 2.05) is 6.92 Å². The van der Waals surface area contributed by atoms with Crippen LogP contribution in [0.3, 0.4) is 0 Å². The number of aliphatic hydroxyl groups is 2. The Hall–Kier alpha value is -0.120. The highest BCUT2D eigenvalue weighted by molar-refractivity contribution is 4.89. The van der Waals surface area contributed by atoms with Crippen LogP contribution in [0.2, 0.25) is 0 Å². The van der Waals surface area contributed by atoms with E-state index in [0.717, 1.165) is 25.8 Å². The van der Waals surface area contributed by atoms with Crippen LogP contribution in [0, 0.1) is 5.92 Å². The third kappa shape index (κ3) is 2.73. The average Bonchev–Trinajstić information content (AvgIpc) is 2.01. The summed E-state index contributed by atoms with van der Waals surface area (Å²) in [4.78, 5) is 0. The zero-order valence-corrected chi connectivity index (χ0v) is 7.71. The van der Waals surface area contributed by atoms with Crippen molar-refractivity contribution in [1.82, 2.24) is 5.32 Å². The molecule has 12 heavy (non-hydrogen) atoms. The van der Waals surface area contributed by atoms with Crippen molar-refractivity contribution in [3.63, 3.8) is 0 Å². The molecule has 0 bridgehead atoms. The Morgan fingerprint density at radius 1 is 1.50 bits per heavy atom. The van der Waals surface area contributed by atoms with Crippen LogP contribution in [-0.4, -0.2) is 35.5 Å². The van der Waals surface area contributed by atoms with Gasteiger partial charge in [0.1, 0.15) is 0 Å². The molecule has 3 nitrogen and oxygen atoms in total. The van der Waals surface area contributed by atoms with Crippen LogP contribution in [0.1, 0.15) is 26.2 Å². The van der Waals surface area contributed by atoms with Gasteiger partial charge in [-0.15, -0.1) is 0 Å². The van der Waals surface area contributed by atoms with Crippen LogP contribution in [0.15, 0.2) is 0 Å². The minimum Gasteiger partial charge on any atom is -0.396 e. The molecule has 0 radical (unpaired) electrons. The summed E-state index contributed by atoms with van der Waals surface area (Å²) < 4.78 is 0. The van der Waals surface area contributed by atoms with Crippen LogP contribution in [-0.2, 0) is 0 Å². The first kappa shape index (κ1) is 9.96. The molecule has 1 rings (SSSR count). The molecule has 1 fully saturated rings. The lowest BCUT2D eigenvalue weighted by molar-refractivity contribution is -0.0319. The molecular weight excluding hydrogens is 154 g/mol. The van der Waals surface area contributed by atoms with Crippen LogP contribution in [0.25, 0.3) is 0 Å². The Morgan fingerprint density at radius 3 is 2.58 bits per heavy atom. The number of hydrogen-bond donors (Lipinski definition) is 3. The van der Waals surface area contributed by atoms with Gasteiger partial charge < -0.3 is 15.5 Å². The van der Waals surface area contributed by atoms with E-state index in [4.69, 9.17) is 5.11 Å². The third-order valence-electron chi connectivity index (χ3n) is 2.54. The molecule has 0 aliphatic heterocycles. The predicted molar refractivity (Wildman–Crippen MR) is 47.9 cm³/mol. The van der Waals surface area contributed by atoms with Gasteiger partial charge in [0.05, 0.1) is 5.60 Å². The third-order valence-corrected chi connectivity index (χ3v) is 2.54. The first-order valence-corrected chi connectivity index (χ1v) is 4.70. The first-order valence-electron chi connectivity index (χ1n) is 4.70. The van der Waals surface area contributed by atoms with Crippen molar-refractivity contribution in [2.75, 3.05) is 19.7 Å². The van der Waals surface area contributed by atoms with E-state index in [-0.39, 0.29) is 12.5 Å². The fourth-order valence-electron chi connectivity index (χ4n) is 1.38. The second-order valence-electron chi connectivity index (χ2n) is 4.00. The van der Waals surface area contributed by atoms with Gasteiger partial charge in [-0.05, 0) is 31.7 Å². The van der Waals surface area contributed by atoms with Crippen molar-refractivity contribution in [3.05, 3.63) is 0 Å². The first-order chi connectivity index (χ1) is 5.66. The standard InChI is InChI=1S/C9H19NO2/c1-8(6-11)5-10-7-9(12)3-2-4-9/h8,10-12H,2-7H2,1H3. The van der Waals surface area contributed by atoms with Crippen molar-refractivity contribution in [3.8, 4) is 0 Å². The van der Waals surface area contributed by atoms with Crippen molar-refractivity contribution in [2.45, 2.75) is 31.8 Å². The van der Waals surface area contributed by atoms with E-state index in [9.17, 15) is 5.11 Å². The number of rotatable bonds is 5. The maximum Gasteiger partial charge on any atom is 0.0771 e. The smallest absolute Gasteiger partial charge is 0.0771 e. The van der Waals surface area contributed by atoms with Gasteiger partial charge in [0.25, 0.3) is 0 Å². The Kier molecular flexibility index (Phi) is 3.50. The van der Waals surface area contributed by atoms with Gasteiger partial charge in [-0.1, -0.05) is 6.92 Å². The van der Waals surface area contributed by atoms with Gasteiger partial charge >= 0.3 is 0 Å². The molecule has 0 aromatic rings. The monoisotopic (exact) mass is 173 g/mol. The van der Waals surface area contributed by atoms with Crippen LogP contribution < -0.4 is 5.32 Å². The highest BCUT2D eigenvalue weighted by Gasteiger charge is 2.33. The molecule has 0 spiro atoms. The molecule has 1 aliphatic carbocycles. The van der Waals surface area contributed by atoms with Gasteiger partial charge in [0, 0.05) is 13.2 Å². The lowest BCUT2D eigenvalue weighted by Gasteiger charge is -2.37. The normalized spacial score (nSPS) is 23.2. The van der Waals surface area contributed by atoms with Gasteiger partial charge in [-0.2, -0.15) is 0 Å². The molecule has 0 aromatic carbocycles. The molecule has 3 heteroatoms. The second kappa shape index (κ2) is 4.21. The number of hydrogen-bond acceptors (Lipinski definition) is 3. The molecule has 0 saturated heterocycles. The fourth-order valence-corrected chi connectivity index (χ4v) is 1.38. The largest absolute Gasteiger partial charge is 0.396 e. The Bertz CT molecular complexity index is 134. The van der Waals surface area contributed by atoms with Crippen molar-refractivity contribution in [1.29, 1.82) is 0 Å². The topological polar surface area (TPSA) is 52.5 Å². The summed E-state index contributed by atoms with van der Waals surface area (Å²) in [6, 6.07) is 0. The summed E-state index contributed by atoms with van der Waals surface area (Å²) in [6.07, 6.45) is 2.99. The number of nitrogens with one attached hydrogen (secondary N) is 1. The zero-order valence-electron chi connectivity index (χ0n) is 7.71. The molecule has 1 aliphatic rings. The second-order valence-corrected chi connectivity index (χ2v) is 4.00. The molecule has 0 aromatic heterocycles. The van der Waals surface area contributed by atoms with Gasteiger partial charge in [-0.25, -0.2) is 0 Å². The summed E-state index contributed by atoms with van der Waals surface area (Å²) in [5, 5.41) is 21.6. The summed E-state index contributed by atoms with van der Waals surface area (Å²) in [7, 11) is 0. The minimum atomic E-state index is -0.435. The Balaban J connectivity index is 2.01. The maximum atomic E-state index is 9.67. The Labute approximate surface area is 73.8 Å². The molecule has 1 unspecified atom stereocenters. The molecule has 1 atom stereocenters. The highest BCUT2D eigenvalue weighted by Crippen LogP contribution is 2.30. The van der Waals surface area contributed by atoms with Crippen LogP contribution >= 0.6 is 0 Å². The molecule has 0 heterocycles. The van der Waals surface area contributed by atoms with Crippen molar-refractivity contribution >= 4 is 0 Å². The van der Waals surface area contributed by atoms with Crippen molar-refractivity contribution in [2.24, 2.45) is 5.92 Å². The van der Waals surface area contributed by atoms with E-state index in [0.29, 0.717) is 6.54 Å². The molecule has 72 valence electrons. The predicted octanol–water partition coefficient (Wildman–Crippen LogP) is 0.119. The van der Waals surface area contributed by atoms with E-state index in [1.54, 1.807) is 0 Å². The molecule has 0 amide bonds. The summed E-state index contributed by atoms with van der Waals surface area (Å²) in [5.41, 5.74) is -0.435. The quantitative estimate of drug-likeness (QED) is 0.553.